The molecule has 3 aromatic rings. The Kier molecular flexibility index (Phi) is 4.43. The highest BCUT2D eigenvalue weighted by molar-refractivity contribution is 7.92. The Bertz CT molecular complexity index is 1260. The monoisotopic (exact) mass is 398 g/mol. The van der Waals surface area contributed by atoms with Gasteiger partial charge in [-0.25, -0.2) is 13.2 Å². The van der Waals surface area contributed by atoms with Crippen molar-refractivity contribution in [3.8, 4) is 5.75 Å². The number of hydrogen-bond donors (Lipinski definition) is 1. The summed E-state index contributed by atoms with van der Waals surface area (Å²) in [4.78, 5) is 16.5. The average molecular weight is 398 g/mol. The lowest BCUT2D eigenvalue weighted by Crippen LogP contribution is -2.34. The molecular weight excluding hydrogens is 380 g/mol. The summed E-state index contributed by atoms with van der Waals surface area (Å²) in [5, 5.41) is 10.8. The molecule has 1 aromatic heterocycles. The van der Waals surface area contributed by atoms with Gasteiger partial charge in [-0.2, -0.15) is 0 Å². The Hall–Kier alpha value is -3.13. The summed E-state index contributed by atoms with van der Waals surface area (Å²) in [6, 6.07) is 11.9. The van der Waals surface area contributed by atoms with Gasteiger partial charge in [0.2, 0.25) is 10.0 Å². The van der Waals surface area contributed by atoms with E-state index in [-0.39, 0.29) is 11.3 Å². The number of anilines is 1. The average Bonchev–Trinajstić information content (AvgIpc) is 2.66. The fourth-order valence-corrected chi connectivity index (χ4v) is 4.37. The molecule has 1 aliphatic heterocycles. The first-order valence-corrected chi connectivity index (χ1v) is 10.6. The van der Waals surface area contributed by atoms with Crippen molar-refractivity contribution in [2.75, 3.05) is 17.1 Å². The molecule has 2 heterocycles. The molecule has 0 spiro atoms. The van der Waals surface area contributed by atoms with Crippen LogP contribution in [0.15, 0.2) is 56.7 Å². The smallest absolute Gasteiger partial charge is 0.348 e. The number of hydrogen-bond acceptors (Lipinski definition) is 6. The molecule has 8 heteroatoms. The Balaban J connectivity index is 1.72. The molecule has 0 amide bonds. The normalized spacial score (nSPS) is 14.5. The highest BCUT2D eigenvalue weighted by Crippen LogP contribution is 2.32. The second kappa shape index (κ2) is 6.79. The first-order valence-electron chi connectivity index (χ1n) is 8.74. The van der Waals surface area contributed by atoms with Gasteiger partial charge in [0.05, 0.1) is 23.0 Å². The summed E-state index contributed by atoms with van der Waals surface area (Å²) in [6.45, 7) is 0.459. The Morgan fingerprint density at radius 2 is 2.00 bits per heavy atom. The number of aryl methyl sites for hydroxylation is 1. The minimum absolute atomic E-state index is 0.0332. The molecule has 7 nitrogen and oxygen atoms in total. The summed E-state index contributed by atoms with van der Waals surface area (Å²) < 4.78 is 30.5. The second-order valence-electron chi connectivity index (χ2n) is 6.66. The van der Waals surface area contributed by atoms with Gasteiger partial charge < -0.3 is 9.52 Å². The van der Waals surface area contributed by atoms with Gasteiger partial charge in [0.25, 0.3) is 0 Å². The van der Waals surface area contributed by atoms with Gasteiger partial charge in [0.1, 0.15) is 16.9 Å². The number of aromatic hydroxyl groups is 1. The first-order chi connectivity index (χ1) is 13.3. The predicted molar refractivity (Wildman–Crippen MR) is 108 cm³/mol. The van der Waals surface area contributed by atoms with Gasteiger partial charge in [0, 0.05) is 12.8 Å². The molecule has 0 saturated carbocycles. The van der Waals surface area contributed by atoms with Crippen molar-refractivity contribution in [1.82, 2.24) is 0 Å². The zero-order valence-electron chi connectivity index (χ0n) is 15.1. The van der Waals surface area contributed by atoms with Crippen molar-refractivity contribution < 1.29 is 17.9 Å². The quantitative estimate of drug-likeness (QED) is 0.540. The van der Waals surface area contributed by atoms with Crippen LogP contribution in [0, 0.1) is 0 Å². The molecular formula is C20H18N2O5S. The summed E-state index contributed by atoms with van der Waals surface area (Å²) in [6.07, 6.45) is 3.93. The van der Waals surface area contributed by atoms with Crippen molar-refractivity contribution in [3.63, 3.8) is 0 Å². The zero-order valence-corrected chi connectivity index (χ0v) is 15.9. The number of aliphatic imine (C=N–C) groups is 1. The van der Waals surface area contributed by atoms with Gasteiger partial charge in [-0.05, 0) is 48.7 Å². The third-order valence-electron chi connectivity index (χ3n) is 4.70. The van der Waals surface area contributed by atoms with E-state index in [9.17, 15) is 18.3 Å². The van der Waals surface area contributed by atoms with Crippen molar-refractivity contribution in [2.45, 2.75) is 12.8 Å². The molecule has 0 unspecified atom stereocenters. The van der Waals surface area contributed by atoms with Crippen LogP contribution in [0.5, 0.6) is 5.75 Å². The number of fused-ring (bicyclic) bond motifs is 2. The van der Waals surface area contributed by atoms with E-state index in [4.69, 9.17) is 4.42 Å². The third-order valence-corrected chi connectivity index (χ3v) is 5.88. The van der Waals surface area contributed by atoms with Crippen LogP contribution < -0.4 is 9.93 Å². The number of benzene rings is 2. The molecule has 0 radical (unpaired) electrons. The molecule has 4 rings (SSSR count). The Morgan fingerprint density at radius 3 is 2.79 bits per heavy atom. The molecule has 0 saturated heterocycles. The van der Waals surface area contributed by atoms with Crippen LogP contribution in [-0.2, 0) is 16.4 Å². The largest absolute Gasteiger partial charge is 0.506 e. The summed E-state index contributed by atoms with van der Waals surface area (Å²) in [5.41, 5.74) is 1.68. The van der Waals surface area contributed by atoms with Crippen LogP contribution in [0.3, 0.4) is 0 Å². The van der Waals surface area contributed by atoms with Crippen molar-refractivity contribution >= 4 is 38.6 Å². The number of sulfonamides is 1. The highest BCUT2D eigenvalue weighted by Gasteiger charge is 2.24. The summed E-state index contributed by atoms with van der Waals surface area (Å²) >= 11 is 0. The van der Waals surface area contributed by atoms with Gasteiger partial charge in [0.15, 0.2) is 0 Å². The van der Waals surface area contributed by atoms with Gasteiger partial charge in [-0.1, -0.05) is 12.1 Å². The van der Waals surface area contributed by atoms with E-state index in [0.717, 1.165) is 18.4 Å². The fraction of sp³-hybridized carbons (Fsp3) is 0.200. The lowest BCUT2D eigenvalue weighted by molar-refractivity contribution is 0.466. The standard InChI is InChI=1S/C20H18N2O5S/c1-28(25,26)22-10-4-5-13-11-14(8-9-17(13)22)21-12-16-19(23)15-6-2-3-7-18(15)27-20(16)24/h2-3,6-9,11-12,23H,4-5,10H2,1H3. The van der Waals surface area contributed by atoms with Gasteiger partial charge >= 0.3 is 5.63 Å². The van der Waals surface area contributed by atoms with Crippen molar-refractivity contribution in [3.05, 3.63) is 64.0 Å². The van der Waals surface area contributed by atoms with Gasteiger partial charge in [-0.3, -0.25) is 9.30 Å². The van der Waals surface area contributed by atoms with Crippen LogP contribution in [-0.4, -0.2) is 32.5 Å². The fourth-order valence-electron chi connectivity index (χ4n) is 3.37. The van der Waals surface area contributed by atoms with Crippen LogP contribution in [0.2, 0.25) is 0 Å². The third kappa shape index (κ3) is 3.27. The van der Waals surface area contributed by atoms with E-state index in [0.29, 0.717) is 28.9 Å². The van der Waals surface area contributed by atoms with E-state index in [2.05, 4.69) is 4.99 Å². The predicted octanol–water partition coefficient (Wildman–Crippen LogP) is 2.96. The summed E-state index contributed by atoms with van der Waals surface area (Å²) in [5.74, 6) is -0.184. The lowest BCUT2D eigenvalue weighted by Gasteiger charge is -2.29. The molecule has 144 valence electrons. The maximum absolute atomic E-state index is 12.2. The number of rotatable bonds is 3. The molecule has 28 heavy (non-hydrogen) atoms. The molecule has 0 aliphatic carbocycles. The van der Waals surface area contributed by atoms with E-state index in [1.165, 1.54) is 16.8 Å². The number of nitrogens with zero attached hydrogens (tertiary/aromatic N) is 2. The molecule has 1 N–H and O–H groups in total. The van der Waals surface area contributed by atoms with Crippen LogP contribution >= 0.6 is 0 Å². The van der Waals surface area contributed by atoms with E-state index in [1.807, 2.05) is 0 Å². The lowest BCUT2D eigenvalue weighted by atomic mass is 10.0. The zero-order chi connectivity index (χ0) is 19.9. The van der Waals surface area contributed by atoms with Crippen LogP contribution in [0.4, 0.5) is 11.4 Å². The summed E-state index contributed by atoms with van der Waals surface area (Å²) in [7, 11) is -3.33. The highest BCUT2D eigenvalue weighted by atomic mass is 32.2. The van der Waals surface area contributed by atoms with E-state index >= 15 is 0 Å². The molecule has 0 bridgehead atoms. The minimum Gasteiger partial charge on any atom is -0.506 e. The van der Waals surface area contributed by atoms with Crippen LogP contribution in [0.1, 0.15) is 17.5 Å². The van der Waals surface area contributed by atoms with Crippen LogP contribution in [0.25, 0.3) is 11.0 Å². The first kappa shape index (κ1) is 18.2. The van der Waals surface area contributed by atoms with Crippen molar-refractivity contribution in [1.29, 1.82) is 0 Å². The Labute approximate surface area is 161 Å². The maximum atomic E-state index is 12.2. The van der Waals surface area contributed by atoms with E-state index < -0.39 is 15.6 Å². The molecule has 2 aromatic carbocycles. The Morgan fingerprint density at radius 1 is 1.21 bits per heavy atom. The minimum atomic E-state index is -3.33. The molecule has 0 fully saturated rings. The SMILES string of the molecule is CS(=O)(=O)N1CCCc2cc(N=Cc3c(O)c4ccccc4oc3=O)ccc21. The maximum Gasteiger partial charge on any atom is 0.348 e. The number of para-hydroxylation sites is 1. The van der Waals surface area contributed by atoms with Crippen molar-refractivity contribution in [2.24, 2.45) is 4.99 Å². The second-order valence-corrected chi connectivity index (χ2v) is 8.56. The molecule has 0 atom stereocenters. The van der Waals surface area contributed by atoms with E-state index in [1.54, 1.807) is 42.5 Å². The van der Waals surface area contributed by atoms with Gasteiger partial charge in [-0.15, -0.1) is 0 Å². The molecule has 1 aliphatic rings. The topological polar surface area (TPSA) is 100 Å².